The Morgan fingerprint density at radius 3 is 2.50 bits per heavy atom. The largest absolute Gasteiger partial charge is 0.493 e. The Labute approximate surface area is 120 Å². The number of hydrogen-bond donors (Lipinski definition) is 0. The second kappa shape index (κ2) is 7.58. The maximum Gasteiger partial charge on any atom is 0.274 e. The SMILES string of the molecule is CCC(C)c1ccc(OCCCOC)c(C(C)(F)F)c1. The van der Waals surface area contributed by atoms with Gasteiger partial charge < -0.3 is 9.47 Å². The van der Waals surface area contributed by atoms with Crippen molar-refractivity contribution in [1.29, 1.82) is 0 Å². The van der Waals surface area contributed by atoms with Gasteiger partial charge in [-0.1, -0.05) is 19.9 Å². The molecule has 0 amide bonds. The van der Waals surface area contributed by atoms with Crippen molar-refractivity contribution in [2.75, 3.05) is 20.3 Å². The predicted octanol–water partition coefficient (Wildman–Crippen LogP) is 4.73. The fourth-order valence-corrected chi connectivity index (χ4v) is 1.94. The highest BCUT2D eigenvalue weighted by molar-refractivity contribution is 5.41. The zero-order valence-corrected chi connectivity index (χ0v) is 12.7. The lowest BCUT2D eigenvalue weighted by Gasteiger charge is -2.19. The fraction of sp³-hybridized carbons (Fsp3) is 0.625. The van der Waals surface area contributed by atoms with Crippen molar-refractivity contribution in [3.8, 4) is 5.75 Å². The molecule has 0 heterocycles. The molecule has 1 atom stereocenters. The van der Waals surface area contributed by atoms with Gasteiger partial charge in [0.15, 0.2) is 0 Å². The third kappa shape index (κ3) is 4.75. The van der Waals surface area contributed by atoms with Gasteiger partial charge in [0.05, 0.1) is 12.2 Å². The van der Waals surface area contributed by atoms with Crippen LogP contribution < -0.4 is 4.74 Å². The monoisotopic (exact) mass is 286 g/mol. The molecule has 0 bridgehead atoms. The summed E-state index contributed by atoms with van der Waals surface area (Å²) in [6.07, 6.45) is 1.60. The Bertz CT molecular complexity index is 413. The van der Waals surface area contributed by atoms with Gasteiger partial charge in [-0.25, -0.2) is 8.78 Å². The number of rotatable bonds is 8. The second-order valence-corrected chi connectivity index (χ2v) is 5.15. The number of ether oxygens (including phenoxy) is 2. The number of alkyl halides is 2. The summed E-state index contributed by atoms with van der Waals surface area (Å²) < 4.78 is 37.9. The predicted molar refractivity (Wildman–Crippen MR) is 76.7 cm³/mol. The van der Waals surface area contributed by atoms with Crippen LogP contribution in [0.3, 0.4) is 0 Å². The Hall–Kier alpha value is -1.16. The molecule has 2 nitrogen and oxygen atoms in total. The summed E-state index contributed by atoms with van der Waals surface area (Å²) in [6, 6.07) is 5.09. The molecule has 0 aliphatic rings. The molecule has 0 aliphatic carbocycles. The van der Waals surface area contributed by atoms with Gasteiger partial charge in [0, 0.05) is 27.1 Å². The quantitative estimate of drug-likeness (QED) is 0.643. The van der Waals surface area contributed by atoms with Gasteiger partial charge in [-0.15, -0.1) is 0 Å². The standard InChI is InChI=1S/C16H24F2O2/c1-5-12(2)13-7-8-15(20-10-6-9-19-4)14(11-13)16(3,17)18/h7-8,11-12H,5-6,9-10H2,1-4H3. The summed E-state index contributed by atoms with van der Waals surface area (Å²) in [5, 5.41) is 0. The van der Waals surface area contributed by atoms with E-state index < -0.39 is 5.92 Å². The first-order valence-corrected chi connectivity index (χ1v) is 7.04. The van der Waals surface area contributed by atoms with Crippen molar-refractivity contribution in [2.45, 2.75) is 45.5 Å². The third-order valence-electron chi connectivity index (χ3n) is 3.41. The van der Waals surface area contributed by atoms with Gasteiger partial charge in [0.1, 0.15) is 5.75 Å². The van der Waals surface area contributed by atoms with E-state index >= 15 is 0 Å². The summed E-state index contributed by atoms with van der Waals surface area (Å²) in [5.41, 5.74) is 0.890. The van der Waals surface area contributed by atoms with Crippen LogP contribution in [0.1, 0.15) is 50.7 Å². The highest BCUT2D eigenvalue weighted by Gasteiger charge is 2.29. The van der Waals surface area contributed by atoms with E-state index in [0.29, 0.717) is 19.6 Å². The topological polar surface area (TPSA) is 18.5 Å². The zero-order valence-electron chi connectivity index (χ0n) is 12.7. The first-order chi connectivity index (χ1) is 9.40. The number of hydrogen-bond acceptors (Lipinski definition) is 2. The summed E-state index contributed by atoms with van der Waals surface area (Å²) >= 11 is 0. The van der Waals surface area contributed by atoms with Gasteiger partial charge in [-0.3, -0.25) is 0 Å². The highest BCUT2D eigenvalue weighted by Crippen LogP contribution is 2.37. The first-order valence-electron chi connectivity index (χ1n) is 7.04. The molecule has 0 N–H and O–H groups in total. The van der Waals surface area contributed by atoms with Crippen LogP contribution in [0.5, 0.6) is 5.75 Å². The van der Waals surface area contributed by atoms with Crippen LogP contribution in [0.25, 0.3) is 0 Å². The van der Waals surface area contributed by atoms with Crippen LogP contribution in [-0.2, 0) is 10.7 Å². The molecule has 0 saturated carbocycles. The van der Waals surface area contributed by atoms with E-state index in [1.165, 1.54) is 0 Å². The Kier molecular flexibility index (Phi) is 6.40. The molecule has 0 fully saturated rings. The van der Waals surface area contributed by atoms with Crippen LogP contribution in [0.4, 0.5) is 8.78 Å². The van der Waals surface area contributed by atoms with Crippen molar-refractivity contribution >= 4 is 0 Å². The van der Waals surface area contributed by atoms with Crippen LogP contribution in [0.2, 0.25) is 0 Å². The van der Waals surface area contributed by atoms with Gasteiger partial charge in [-0.05, 0) is 30.0 Å². The van der Waals surface area contributed by atoms with E-state index in [2.05, 4.69) is 0 Å². The Morgan fingerprint density at radius 2 is 1.95 bits per heavy atom. The molecule has 20 heavy (non-hydrogen) atoms. The number of halogens is 2. The lowest BCUT2D eigenvalue weighted by molar-refractivity contribution is 0.0142. The van der Waals surface area contributed by atoms with Gasteiger partial charge >= 0.3 is 0 Å². The Morgan fingerprint density at radius 1 is 1.25 bits per heavy atom. The zero-order chi connectivity index (χ0) is 15.2. The van der Waals surface area contributed by atoms with Gasteiger partial charge in [-0.2, -0.15) is 0 Å². The van der Waals surface area contributed by atoms with Crippen LogP contribution >= 0.6 is 0 Å². The molecule has 1 unspecified atom stereocenters. The summed E-state index contributed by atoms with van der Waals surface area (Å²) in [4.78, 5) is 0. The maximum atomic E-state index is 13.7. The molecule has 1 aromatic carbocycles. The lowest BCUT2D eigenvalue weighted by Crippen LogP contribution is -2.12. The second-order valence-electron chi connectivity index (χ2n) is 5.15. The first kappa shape index (κ1) is 16.9. The van der Waals surface area contributed by atoms with Crippen molar-refractivity contribution in [2.24, 2.45) is 0 Å². The summed E-state index contributed by atoms with van der Waals surface area (Å²) in [6.45, 7) is 5.92. The average molecular weight is 286 g/mol. The van der Waals surface area contributed by atoms with E-state index in [9.17, 15) is 8.78 Å². The molecule has 114 valence electrons. The maximum absolute atomic E-state index is 13.7. The molecule has 0 aliphatic heterocycles. The van der Waals surface area contributed by atoms with E-state index in [0.717, 1.165) is 18.9 Å². The van der Waals surface area contributed by atoms with E-state index in [1.54, 1.807) is 19.2 Å². The van der Waals surface area contributed by atoms with Crippen molar-refractivity contribution < 1.29 is 18.3 Å². The van der Waals surface area contributed by atoms with Crippen LogP contribution in [0.15, 0.2) is 18.2 Å². The molecule has 0 spiro atoms. The molecule has 0 aromatic heterocycles. The summed E-state index contributed by atoms with van der Waals surface area (Å²) in [7, 11) is 1.60. The minimum atomic E-state index is -2.90. The average Bonchev–Trinajstić information content (AvgIpc) is 2.41. The molecule has 0 saturated heterocycles. The third-order valence-corrected chi connectivity index (χ3v) is 3.41. The molecule has 1 aromatic rings. The van der Waals surface area contributed by atoms with E-state index in [-0.39, 0.29) is 17.2 Å². The fourth-order valence-electron chi connectivity index (χ4n) is 1.94. The molecule has 1 rings (SSSR count). The van der Waals surface area contributed by atoms with Gasteiger partial charge in [0.25, 0.3) is 5.92 Å². The summed E-state index contributed by atoms with van der Waals surface area (Å²) in [5.74, 6) is -2.38. The van der Waals surface area contributed by atoms with Crippen molar-refractivity contribution in [1.82, 2.24) is 0 Å². The highest BCUT2D eigenvalue weighted by atomic mass is 19.3. The smallest absolute Gasteiger partial charge is 0.274 e. The number of methoxy groups -OCH3 is 1. The lowest BCUT2D eigenvalue weighted by atomic mass is 9.95. The number of benzene rings is 1. The van der Waals surface area contributed by atoms with Crippen LogP contribution in [-0.4, -0.2) is 20.3 Å². The van der Waals surface area contributed by atoms with Crippen LogP contribution in [0, 0.1) is 0 Å². The van der Waals surface area contributed by atoms with Crippen molar-refractivity contribution in [3.63, 3.8) is 0 Å². The minimum absolute atomic E-state index is 0.0345. The normalized spacial score (nSPS) is 13.3. The Balaban J connectivity index is 2.93. The molecule has 0 radical (unpaired) electrons. The minimum Gasteiger partial charge on any atom is -0.493 e. The van der Waals surface area contributed by atoms with E-state index in [1.807, 2.05) is 19.9 Å². The molecule has 4 heteroatoms. The van der Waals surface area contributed by atoms with Gasteiger partial charge in [0.2, 0.25) is 0 Å². The molecular weight excluding hydrogens is 262 g/mol. The van der Waals surface area contributed by atoms with E-state index in [4.69, 9.17) is 9.47 Å². The molecular formula is C16H24F2O2. The van der Waals surface area contributed by atoms with Crippen molar-refractivity contribution in [3.05, 3.63) is 29.3 Å².